The fraction of sp³-hybridized carbons (Fsp3) is 0.533. The number of aliphatic hydroxyl groups excluding tert-OH is 4. The van der Waals surface area contributed by atoms with Crippen molar-refractivity contribution in [2.75, 3.05) is 13.7 Å². The van der Waals surface area contributed by atoms with Crippen LogP contribution in [-0.2, 0) is 11.2 Å². The maximum Gasteiger partial charge on any atom is 0.182 e. The summed E-state index contributed by atoms with van der Waals surface area (Å²) < 4.78 is 11.8. The standard InChI is InChI=1S/C15H20N4O6/c1-24-9-4-2-8(3-5-9)6-11-16-17-18-19(11)15-14(23)13(22)12(21)10(7-20)25-15/h2-5,10,12-15,20-23H,6-7H2,1H3/t10-,12+,13+,14-,15-/m1/s1. The van der Waals surface area contributed by atoms with Crippen molar-refractivity contribution < 1.29 is 29.9 Å². The van der Waals surface area contributed by atoms with Gasteiger partial charge in [-0.05, 0) is 28.1 Å². The molecule has 0 spiro atoms. The number of hydrogen-bond acceptors (Lipinski definition) is 9. The number of aliphatic hydroxyl groups is 4. The second-order valence-corrected chi connectivity index (χ2v) is 5.78. The maximum atomic E-state index is 10.2. The van der Waals surface area contributed by atoms with Gasteiger partial charge in [0.15, 0.2) is 12.1 Å². The summed E-state index contributed by atoms with van der Waals surface area (Å²) in [6, 6.07) is 7.31. The molecule has 1 aromatic heterocycles. The van der Waals surface area contributed by atoms with Gasteiger partial charge in [-0.1, -0.05) is 12.1 Å². The minimum atomic E-state index is -1.49. The van der Waals surface area contributed by atoms with Gasteiger partial charge in [-0.15, -0.1) is 5.10 Å². The largest absolute Gasteiger partial charge is 0.497 e. The molecular formula is C15H20N4O6. The summed E-state index contributed by atoms with van der Waals surface area (Å²) in [5, 5.41) is 50.6. The van der Waals surface area contributed by atoms with Crippen LogP contribution in [0.1, 0.15) is 17.6 Å². The Hall–Kier alpha value is -2.11. The summed E-state index contributed by atoms with van der Waals surface area (Å²) in [7, 11) is 1.58. The molecular weight excluding hydrogens is 332 g/mol. The molecule has 1 saturated heterocycles. The molecule has 10 heteroatoms. The second-order valence-electron chi connectivity index (χ2n) is 5.78. The van der Waals surface area contributed by atoms with Gasteiger partial charge in [0.25, 0.3) is 0 Å². The highest BCUT2D eigenvalue weighted by atomic mass is 16.6. The molecule has 1 aliphatic heterocycles. The smallest absolute Gasteiger partial charge is 0.182 e. The summed E-state index contributed by atoms with van der Waals surface area (Å²) in [5.74, 6) is 1.12. The van der Waals surface area contributed by atoms with E-state index in [-0.39, 0.29) is 0 Å². The zero-order valence-electron chi connectivity index (χ0n) is 13.5. The third-order valence-corrected chi connectivity index (χ3v) is 4.19. The van der Waals surface area contributed by atoms with Crippen LogP contribution in [0.2, 0.25) is 0 Å². The molecule has 2 heterocycles. The second kappa shape index (κ2) is 7.42. The quantitative estimate of drug-likeness (QED) is 0.492. The first kappa shape index (κ1) is 17.7. The zero-order chi connectivity index (χ0) is 18.0. The monoisotopic (exact) mass is 352 g/mol. The van der Waals surface area contributed by atoms with Crippen molar-refractivity contribution in [2.24, 2.45) is 0 Å². The first-order valence-corrected chi connectivity index (χ1v) is 7.75. The van der Waals surface area contributed by atoms with Gasteiger partial charge in [0.05, 0.1) is 13.7 Å². The molecule has 0 unspecified atom stereocenters. The molecule has 1 aromatic carbocycles. The van der Waals surface area contributed by atoms with E-state index in [0.29, 0.717) is 12.2 Å². The van der Waals surface area contributed by atoms with E-state index in [4.69, 9.17) is 9.47 Å². The van der Waals surface area contributed by atoms with E-state index < -0.39 is 37.3 Å². The van der Waals surface area contributed by atoms with Crippen LogP contribution >= 0.6 is 0 Å². The van der Waals surface area contributed by atoms with Crippen molar-refractivity contribution in [3.05, 3.63) is 35.7 Å². The molecule has 5 atom stereocenters. The van der Waals surface area contributed by atoms with E-state index in [1.807, 2.05) is 12.1 Å². The van der Waals surface area contributed by atoms with E-state index in [2.05, 4.69) is 15.5 Å². The normalized spacial score (nSPS) is 29.6. The third kappa shape index (κ3) is 3.48. The first-order chi connectivity index (χ1) is 12.0. The molecule has 1 fully saturated rings. The number of ether oxygens (including phenoxy) is 2. The zero-order valence-corrected chi connectivity index (χ0v) is 13.5. The van der Waals surface area contributed by atoms with Crippen molar-refractivity contribution in [2.45, 2.75) is 37.1 Å². The van der Waals surface area contributed by atoms with Crippen LogP contribution in [0, 0.1) is 0 Å². The number of tetrazole rings is 1. The lowest BCUT2D eigenvalue weighted by Gasteiger charge is -2.39. The summed E-state index contributed by atoms with van der Waals surface area (Å²) in [4.78, 5) is 0. The average Bonchev–Trinajstić information content (AvgIpc) is 3.08. The lowest BCUT2D eigenvalue weighted by Crippen LogP contribution is -2.56. The highest BCUT2D eigenvalue weighted by molar-refractivity contribution is 5.28. The van der Waals surface area contributed by atoms with Gasteiger partial charge in [0.1, 0.15) is 30.2 Å². The Bertz CT molecular complexity index is 692. The van der Waals surface area contributed by atoms with E-state index >= 15 is 0 Å². The van der Waals surface area contributed by atoms with Gasteiger partial charge in [-0.3, -0.25) is 0 Å². The molecule has 0 saturated carbocycles. The van der Waals surface area contributed by atoms with E-state index in [9.17, 15) is 20.4 Å². The highest BCUT2D eigenvalue weighted by Gasteiger charge is 2.45. The van der Waals surface area contributed by atoms with Crippen LogP contribution in [0.15, 0.2) is 24.3 Å². The molecule has 0 radical (unpaired) electrons. The fourth-order valence-electron chi connectivity index (χ4n) is 2.74. The van der Waals surface area contributed by atoms with Crippen molar-refractivity contribution in [3.8, 4) is 5.75 Å². The molecule has 25 heavy (non-hydrogen) atoms. The minimum Gasteiger partial charge on any atom is -0.497 e. The molecule has 136 valence electrons. The topological polar surface area (TPSA) is 143 Å². The predicted molar refractivity (Wildman–Crippen MR) is 82.6 cm³/mol. The van der Waals surface area contributed by atoms with Crippen molar-refractivity contribution >= 4 is 0 Å². The van der Waals surface area contributed by atoms with Crippen LogP contribution < -0.4 is 4.74 Å². The minimum absolute atomic E-state index is 0.353. The predicted octanol–water partition coefficient (Wildman–Crippen LogP) is -1.76. The van der Waals surface area contributed by atoms with Gasteiger partial charge in [0, 0.05) is 6.42 Å². The van der Waals surface area contributed by atoms with E-state index in [1.165, 1.54) is 4.68 Å². The Morgan fingerprint density at radius 1 is 1.12 bits per heavy atom. The summed E-state index contributed by atoms with van der Waals surface area (Å²) in [6.45, 7) is -0.516. The summed E-state index contributed by atoms with van der Waals surface area (Å²) >= 11 is 0. The highest BCUT2D eigenvalue weighted by Crippen LogP contribution is 2.28. The summed E-state index contributed by atoms with van der Waals surface area (Å²) in [5.41, 5.74) is 0.904. The molecule has 3 rings (SSSR count). The molecule has 0 amide bonds. The summed E-state index contributed by atoms with van der Waals surface area (Å²) in [6.07, 6.45) is -6.17. The number of hydrogen-bond donors (Lipinski definition) is 4. The van der Waals surface area contributed by atoms with Crippen LogP contribution in [0.3, 0.4) is 0 Å². The Morgan fingerprint density at radius 2 is 1.84 bits per heavy atom. The Labute approximate surface area is 143 Å². The molecule has 1 aliphatic rings. The number of rotatable bonds is 5. The van der Waals surface area contributed by atoms with Gasteiger partial charge in [-0.2, -0.15) is 4.68 Å². The van der Waals surface area contributed by atoms with Crippen LogP contribution in [0.25, 0.3) is 0 Å². The van der Waals surface area contributed by atoms with Crippen LogP contribution in [0.5, 0.6) is 5.75 Å². The maximum absolute atomic E-state index is 10.2. The Balaban J connectivity index is 1.82. The molecule has 0 bridgehead atoms. The van der Waals surface area contributed by atoms with Crippen molar-refractivity contribution in [1.82, 2.24) is 20.2 Å². The lowest BCUT2D eigenvalue weighted by molar-refractivity contribution is -0.254. The number of nitrogens with zero attached hydrogens (tertiary/aromatic N) is 4. The lowest BCUT2D eigenvalue weighted by atomic mass is 9.98. The van der Waals surface area contributed by atoms with E-state index in [0.717, 1.165) is 11.3 Å². The number of aromatic nitrogens is 4. The first-order valence-electron chi connectivity index (χ1n) is 7.75. The number of benzene rings is 1. The fourth-order valence-corrected chi connectivity index (χ4v) is 2.74. The number of methoxy groups -OCH3 is 1. The SMILES string of the molecule is COc1ccc(Cc2nnnn2[C@@H]2O[C@H](CO)[C@H](O)[C@H](O)[C@H]2O)cc1. The van der Waals surface area contributed by atoms with Gasteiger partial charge >= 0.3 is 0 Å². The molecule has 10 nitrogen and oxygen atoms in total. The van der Waals surface area contributed by atoms with Crippen molar-refractivity contribution in [3.63, 3.8) is 0 Å². The molecule has 2 aromatic rings. The third-order valence-electron chi connectivity index (χ3n) is 4.19. The Morgan fingerprint density at radius 3 is 2.48 bits per heavy atom. The van der Waals surface area contributed by atoms with Crippen LogP contribution in [0.4, 0.5) is 0 Å². The molecule has 0 aliphatic carbocycles. The van der Waals surface area contributed by atoms with Gasteiger partial charge < -0.3 is 29.9 Å². The molecule has 4 N–H and O–H groups in total. The Kier molecular flexibility index (Phi) is 5.25. The van der Waals surface area contributed by atoms with Gasteiger partial charge in [0.2, 0.25) is 0 Å². The van der Waals surface area contributed by atoms with E-state index in [1.54, 1.807) is 19.2 Å². The van der Waals surface area contributed by atoms with Gasteiger partial charge in [-0.25, -0.2) is 0 Å². The van der Waals surface area contributed by atoms with Crippen molar-refractivity contribution in [1.29, 1.82) is 0 Å². The van der Waals surface area contributed by atoms with Crippen LogP contribution in [-0.4, -0.2) is 78.8 Å². The average molecular weight is 352 g/mol.